The summed E-state index contributed by atoms with van der Waals surface area (Å²) < 4.78 is 46.9. The number of rotatable bonds is 1. The fourth-order valence-corrected chi connectivity index (χ4v) is 1.25. The average molecular weight is 209 g/mol. The molecule has 2 nitrogen and oxygen atoms in total. The second-order valence-corrected chi connectivity index (χ2v) is 3.39. The van der Waals surface area contributed by atoms with Crippen molar-refractivity contribution in [3.05, 3.63) is 29.8 Å². The largest absolute Gasteiger partial charge is 0.416 e. The maximum absolute atomic E-state index is 12.1. The molecule has 0 aliphatic carbocycles. The Morgan fingerprint density at radius 1 is 1.31 bits per heavy atom. The summed E-state index contributed by atoms with van der Waals surface area (Å²) in [5.74, 6) is 0. The molecule has 0 aliphatic heterocycles. The molecule has 0 heterocycles. The van der Waals surface area contributed by atoms with Gasteiger partial charge in [0.25, 0.3) is 0 Å². The highest BCUT2D eigenvalue weighted by Crippen LogP contribution is 2.29. The lowest BCUT2D eigenvalue weighted by Crippen LogP contribution is -2.08. The Hall–Kier alpha value is -0.880. The molecule has 0 bridgehead atoms. The van der Waals surface area contributed by atoms with Gasteiger partial charge < -0.3 is 0 Å². The molecule has 1 atom stereocenters. The highest BCUT2D eigenvalue weighted by atomic mass is 32.2. The minimum atomic E-state index is -4.42. The number of hydrogen-bond donors (Lipinski definition) is 1. The summed E-state index contributed by atoms with van der Waals surface area (Å²) in [5, 5.41) is 4.93. The van der Waals surface area contributed by atoms with Gasteiger partial charge in [0.1, 0.15) is 11.0 Å². The monoisotopic (exact) mass is 209 g/mol. The molecule has 0 amide bonds. The molecule has 0 saturated carbocycles. The first kappa shape index (κ1) is 10.2. The minimum absolute atomic E-state index is 0.0326. The zero-order valence-electron chi connectivity index (χ0n) is 6.34. The van der Waals surface area contributed by atoms with Crippen molar-refractivity contribution < 1.29 is 17.4 Å². The van der Waals surface area contributed by atoms with Crippen LogP contribution < -0.4 is 5.14 Å². The smallest absolute Gasteiger partial charge is 0.248 e. The van der Waals surface area contributed by atoms with Crippen LogP contribution in [-0.4, -0.2) is 4.21 Å². The molecule has 1 aromatic carbocycles. The second-order valence-electron chi connectivity index (χ2n) is 2.32. The van der Waals surface area contributed by atoms with E-state index in [1.54, 1.807) is 0 Å². The molecule has 0 radical (unpaired) electrons. The van der Waals surface area contributed by atoms with Crippen LogP contribution in [0.4, 0.5) is 13.2 Å². The van der Waals surface area contributed by atoms with Crippen molar-refractivity contribution >= 4 is 11.0 Å². The summed E-state index contributed by atoms with van der Waals surface area (Å²) in [4.78, 5) is -0.0326. The van der Waals surface area contributed by atoms with Crippen molar-refractivity contribution in [1.29, 1.82) is 0 Å². The Kier molecular flexibility index (Phi) is 2.72. The van der Waals surface area contributed by atoms with E-state index in [0.29, 0.717) is 0 Å². The summed E-state index contributed by atoms with van der Waals surface area (Å²) in [6.45, 7) is 0. The fraction of sp³-hybridized carbons (Fsp3) is 0.143. The summed E-state index contributed by atoms with van der Waals surface area (Å²) >= 11 is 0. The molecule has 13 heavy (non-hydrogen) atoms. The Morgan fingerprint density at radius 3 is 2.38 bits per heavy atom. The lowest BCUT2D eigenvalue weighted by Gasteiger charge is -2.06. The van der Waals surface area contributed by atoms with E-state index >= 15 is 0 Å². The number of benzene rings is 1. The molecule has 0 fully saturated rings. The van der Waals surface area contributed by atoms with E-state index in [0.717, 1.165) is 12.1 Å². The molecule has 2 N–H and O–H groups in total. The normalized spacial score (nSPS) is 14.2. The van der Waals surface area contributed by atoms with Crippen LogP contribution in [0, 0.1) is 0 Å². The van der Waals surface area contributed by atoms with Crippen LogP contribution in [0.15, 0.2) is 29.2 Å². The predicted octanol–water partition coefficient (Wildman–Crippen LogP) is 1.69. The predicted molar refractivity (Wildman–Crippen MR) is 42.0 cm³/mol. The zero-order valence-corrected chi connectivity index (χ0v) is 7.15. The zero-order chi connectivity index (χ0) is 10.1. The number of hydrogen-bond acceptors (Lipinski definition) is 1. The van der Waals surface area contributed by atoms with Crippen LogP contribution in [-0.2, 0) is 17.2 Å². The first-order valence-electron chi connectivity index (χ1n) is 3.24. The molecule has 0 aromatic heterocycles. The Morgan fingerprint density at radius 2 is 1.92 bits per heavy atom. The maximum atomic E-state index is 12.1. The molecule has 6 heteroatoms. The molecule has 0 aliphatic rings. The van der Waals surface area contributed by atoms with Gasteiger partial charge in [0, 0.05) is 0 Å². The van der Waals surface area contributed by atoms with E-state index in [2.05, 4.69) is 0 Å². The molecular formula is C7H6F3NOS. The summed E-state index contributed by atoms with van der Waals surface area (Å²) in [6.07, 6.45) is -4.42. The third kappa shape index (κ3) is 2.53. The first-order valence-corrected chi connectivity index (χ1v) is 4.46. The third-order valence-electron chi connectivity index (χ3n) is 1.39. The molecule has 0 spiro atoms. The van der Waals surface area contributed by atoms with Gasteiger partial charge in [0.05, 0.1) is 10.5 Å². The van der Waals surface area contributed by atoms with Crippen LogP contribution in [0.3, 0.4) is 0 Å². The van der Waals surface area contributed by atoms with E-state index in [1.165, 1.54) is 12.1 Å². The average Bonchev–Trinajstić information content (AvgIpc) is 2.03. The summed E-state index contributed by atoms with van der Waals surface area (Å²) in [6, 6.07) is 4.13. The van der Waals surface area contributed by atoms with Gasteiger partial charge in [-0.05, 0) is 18.2 Å². The van der Waals surface area contributed by atoms with Crippen LogP contribution >= 0.6 is 0 Å². The summed E-state index contributed by atoms with van der Waals surface area (Å²) in [5.41, 5.74) is -0.844. The lowest BCUT2D eigenvalue weighted by atomic mass is 10.2. The standard InChI is InChI=1S/C7H6F3NOS/c8-7(9,10)5-2-1-3-6(4-5)13(11)12/h1-4H,11H2. The molecule has 1 rings (SSSR count). The number of halogens is 3. The van der Waals surface area contributed by atoms with Crippen molar-refractivity contribution in [2.75, 3.05) is 0 Å². The maximum Gasteiger partial charge on any atom is 0.416 e. The molecule has 72 valence electrons. The van der Waals surface area contributed by atoms with Gasteiger partial charge in [0.15, 0.2) is 0 Å². The summed E-state index contributed by atoms with van der Waals surface area (Å²) in [7, 11) is -1.87. The molecule has 1 aromatic rings. The highest BCUT2D eigenvalue weighted by molar-refractivity contribution is 7.82. The van der Waals surface area contributed by atoms with Crippen molar-refractivity contribution in [2.45, 2.75) is 11.1 Å². The minimum Gasteiger partial charge on any atom is -0.248 e. The molecule has 0 saturated heterocycles. The topological polar surface area (TPSA) is 43.1 Å². The second kappa shape index (κ2) is 3.47. The fourth-order valence-electron chi connectivity index (χ4n) is 0.798. The van der Waals surface area contributed by atoms with Crippen molar-refractivity contribution in [2.24, 2.45) is 5.14 Å². The van der Waals surface area contributed by atoms with Gasteiger partial charge in [-0.2, -0.15) is 13.2 Å². The van der Waals surface area contributed by atoms with Crippen LogP contribution in [0.5, 0.6) is 0 Å². The van der Waals surface area contributed by atoms with E-state index in [1.807, 2.05) is 0 Å². The van der Waals surface area contributed by atoms with Crippen LogP contribution in [0.25, 0.3) is 0 Å². The molecular weight excluding hydrogens is 203 g/mol. The van der Waals surface area contributed by atoms with Crippen LogP contribution in [0.1, 0.15) is 5.56 Å². The number of nitrogens with two attached hydrogens (primary N) is 1. The number of alkyl halides is 3. The highest BCUT2D eigenvalue weighted by Gasteiger charge is 2.30. The van der Waals surface area contributed by atoms with E-state index in [4.69, 9.17) is 5.14 Å². The first-order chi connectivity index (χ1) is 5.91. The van der Waals surface area contributed by atoms with Crippen LogP contribution in [0.2, 0.25) is 0 Å². The Labute approximate surface area is 75.1 Å². The quantitative estimate of drug-likeness (QED) is 0.751. The van der Waals surface area contributed by atoms with Crippen molar-refractivity contribution in [1.82, 2.24) is 0 Å². The lowest BCUT2D eigenvalue weighted by molar-refractivity contribution is -0.137. The van der Waals surface area contributed by atoms with E-state index in [-0.39, 0.29) is 4.90 Å². The molecule has 1 unspecified atom stereocenters. The van der Waals surface area contributed by atoms with Gasteiger partial charge in [-0.15, -0.1) is 0 Å². The van der Waals surface area contributed by atoms with Crippen molar-refractivity contribution in [3.63, 3.8) is 0 Å². The Bertz CT molecular complexity index is 337. The van der Waals surface area contributed by atoms with Gasteiger partial charge in [-0.25, -0.2) is 9.35 Å². The van der Waals surface area contributed by atoms with Crippen molar-refractivity contribution in [3.8, 4) is 0 Å². The van der Waals surface area contributed by atoms with E-state index < -0.39 is 22.7 Å². The Balaban J connectivity index is 3.13. The van der Waals surface area contributed by atoms with Gasteiger partial charge in [-0.3, -0.25) is 0 Å². The third-order valence-corrected chi connectivity index (χ3v) is 2.11. The van der Waals surface area contributed by atoms with Gasteiger partial charge in [-0.1, -0.05) is 6.07 Å². The van der Waals surface area contributed by atoms with E-state index in [9.17, 15) is 17.4 Å². The van der Waals surface area contributed by atoms with Gasteiger partial charge in [0.2, 0.25) is 0 Å². The SMILES string of the molecule is NS(=O)c1cccc(C(F)(F)F)c1. The van der Waals surface area contributed by atoms with Gasteiger partial charge >= 0.3 is 6.18 Å².